The van der Waals surface area contributed by atoms with Crippen molar-refractivity contribution >= 4 is 11.6 Å². The summed E-state index contributed by atoms with van der Waals surface area (Å²) in [5.74, 6) is 0.698. The first-order chi connectivity index (χ1) is 11.8. The largest absolute Gasteiger partial charge is 0.478 e. The molecule has 118 valence electrons. The van der Waals surface area contributed by atoms with E-state index < -0.39 is 6.10 Å². The molecule has 0 bridgehead atoms. The molecule has 0 radical (unpaired) electrons. The minimum Gasteiger partial charge on any atom is -0.478 e. The lowest BCUT2D eigenvalue weighted by Gasteiger charge is -2.46. The molecule has 1 fully saturated rings. The highest BCUT2D eigenvalue weighted by atomic mass is 16.5. The van der Waals surface area contributed by atoms with Crippen LogP contribution in [0.3, 0.4) is 0 Å². The molecule has 3 heteroatoms. The SMILES string of the molecule is O=C1[C@H](Oc2ccccc2)[C@H](c2ccccc2)N1c1ccccc1. The molecule has 1 amide bonds. The number of amides is 1. The number of carbonyl (C=O) groups is 1. The van der Waals surface area contributed by atoms with Gasteiger partial charge in [0.2, 0.25) is 6.10 Å². The zero-order valence-electron chi connectivity index (χ0n) is 13.1. The average molecular weight is 315 g/mol. The van der Waals surface area contributed by atoms with Gasteiger partial charge in [-0.1, -0.05) is 66.7 Å². The number of ether oxygens (including phenoxy) is 1. The predicted octanol–water partition coefficient (Wildman–Crippen LogP) is 4.22. The Morgan fingerprint density at radius 3 is 1.88 bits per heavy atom. The Labute approximate surface area is 141 Å². The van der Waals surface area contributed by atoms with E-state index in [1.807, 2.05) is 95.9 Å². The summed E-state index contributed by atoms with van der Waals surface area (Å²) in [5.41, 5.74) is 1.96. The number of anilines is 1. The summed E-state index contributed by atoms with van der Waals surface area (Å²) >= 11 is 0. The van der Waals surface area contributed by atoms with Crippen LogP contribution in [-0.2, 0) is 4.79 Å². The molecule has 3 aromatic rings. The van der Waals surface area contributed by atoms with Crippen LogP contribution in [0.4, 0.5) is 5.69 Å². The fourth-order valence-corrected chi connectivity index (χ4v) is 3.07. The van der Waals surface area contributed by atoms with Crippen molar-refractivity contribution in [3.8, 4) is 5.75 Å². The van der Waals surface area contributed by atoms with Crippen LogP contribution >= 0.6 is 0 Å². The van der Waals surface area contributed by atoms with Crippen LogP contribution < -0.4 is 9.64 Å². The summed E-state index contributed by atoms with van der Waals surface area (Å²) in [4.78, 5) is 14.6. The molecule has 0 N–H and O–H groups in total. The molecule has 24 heavy (non-hydrogen) atoms. The highest BCUT2D eigenvalue weighted by Gasteiger charge is 2.50. The Bertz CT molecular complexity index is 818. The number of nitrogens with zero attached hydrogens (tertiary/aromatic N) is 1. The maximum atomic E-state index is 12.8. The number of β-lactam (4-membered cyclic amide) rings is 1. The molecule has 4 rings (SSSR count). The van der Waals surface area contributed by atoms with Crippen LogP contribution in [0.25, 0.3) is 0 Å². The topological polar surface area (TPSA) is 29.5 Å². The molecule has 0 saturated carbocycles. The van der Waals surface area contributed by atoms with Crippen molar-refractivity contribution in [3.05, 3.63) is 96.6 Å². The maximum absolute atomic E-state index is 12.8. The van der Waals surface area contributed by atoms with Crippen LogP contribution in [0.2, 0.25) is 0 Å². The van der Waals surface area contributed by atoms with E-state index in [9.17, 15) is 4.79 Å². The van der Waals surface area contributed by atoms with Gasteiger partial charge in [0.15, 0.2) is 0 Å². The molecule has 0 aromatic heterocycles. The molecule has 1 aliphatic rings. The van der Waals surface area contributed by atoms with E-state index in [-0.39, 0.29) is 11.9 Å². The van der Waals surface area contributed by atoms with E-state index in [4.69, 9.17) is 4.74 Å². The van der Waals surface area contributed by atoms with E-state index in [2.05, 4.69) is 0 Å². The van der Waals surface area contributed by atoms with Crippen LogP contribution in [-0.4, -0.2) is 12.0 Å². The molecule has 3 aromatic carbocycles. The molecule has 1 aliphatic heterocycles. The third-order valence-corrected chi connectivity index (χ3v) is 4.23. The minimum atomic E-state index is -0.505. The van der Waals surface area contributed by atoms with Crippen molar-refractivity contribution in [2.75, 3.05) is 4.90 Å². The summed E-state index contributed by atoms with van der Waals surface area (Å²) < 4.78 is 5.99. The van der Waals surface area contributed by atoms with Crippen LogP contribution in [0, 0.1) is 0 Å². The summed E-state index contributed by atoms with van der Waals surface area (Å²) in [6.07, 6.45) is -0.505. The zero-order valence-corrected chi connectivity index (χ0v) is 13.1. The number of benzene rings is 3. The van der Waals surface area contributed by atoms with Gasteiger partial charge in [0.25, 0.3) is 5.91 Å². The van der Waals surface area contributed by atoms with Crippen LogP contribution in [0.15, 0.2) is 91.0 Å². The van der Waals surface area contributed by atoms with Crippen LogP contribution in [0.5, 0.6) is 5.75 Å². The minimum absolute atomic E-state index is 0.0149. The van der Waals surface area contributed by atoms with E-state index in [0.717, 1.165) is 11.3 Å². The third kappa shape index (κ3) is 2.54. The maximum Gasteiger partial charge on any atom is 0.271 e. The van der Waals surface area contributed by atoms with Crippen LogP contribution in [0.1, 0.15) is 11.6 Å². The van der Waals surface area contributed by atoms with Crippen molar-refractivity contribution in [1.82, 2.24) is 0 Å². The van der Waals surface area contributed by atoms with Crippen molar-refractivity contribution in [3.63, 3.8) is 0 Å². The summed E-state index contributed by atoms with van der Waals surface area (Å²) in [6, 6.07) is 29.1. The molecule has 3 nitrogen and oxygen atoms in total. The second-order valence-corrected chi connectivity index (χ2v) is 5.75. The molecular weight excluding hydrogens is 298 g/mol. The van der Waals surface area contributed by atoms with Gasteiger partial charge in [0, 0.05) is 5.69 Å². The molecule has 0 spiro atoms. The van der Waals surface area contributed by atoms with E-state index in [0.29, 0.717) is 5.75 Å². The Morgan fingerprint density at radius 2 is 1.25 bits per heavy atom. The monoisotopic (exact) mass is 315 g/mol. The van der Waals surface area contributed by atoms with Gasteiger partial charge in [-0.05, 0) is 29.8 Å². The van der Waals surface area contributed by atoms with E-state index in [1.165, 1.54) is 0 Å². The van der Waals surface area contributed by atoms with Gasteiger partial charge in [-0.25, -0.2) is 0 Å². The van der Waals surface area contributed by atoms with Crippen molar-refractivity contribution in [2.45, 2.75) is 12.1 Å². The number of rotatable bonds is 4. The normalized spacial score (nSPS) is 19.7. The molecule has 1 saturated heterocycles. The lowest BCUT2D eigenvalue weighted by molar-refractivity contribution is -0.135. The smallest absolute Gasteiger partial charge is 0.271 e. The summed E-state index contributed by atoms with van der Waals surface area (Å²) in [5, 5.41) is 0. The fraction of sp³-hybridized carbons (Fsp3) is 0.0952. The highest BCUT2D eigenvalue weighted by molar-refractivity contribution is 6.05. The fourth-order valence-electron chi connectivity index (χ4n) is 3.07. The Hall–Kier alpha value is -3.07. The summed E-state index contributed by atoms with van der Waals surface area (Å²) in [7, 11) is 0. The lowest BCUT2D eigenvalue weighted by atomic mass is 9.89. The van der Waals surface area contributed by atoms with Crippen molar-refractivity contribution < 1.29 is 9.53 Å². The number of hydrogen-bond acceptors (Lipinski definition) is 2. The number of hydrogen-bond donors (Lipinski definition) is 0. The molecule has 2 atom stereocenters. The van der Waals surface area contributed by atoms with Crippen molar-refractivity contribution in [1.29, 1.82) is 0 Å². The number of para-hydroxylation sites is 2. The molecule has 0 aliphatic carbocycles. The van der Waals surface area contributed by atoms with Gasteiger partial charge >= 0.3 is 0 Å². The predicted molar refractivity (Wildman–Crippen MR) is 94.0 cm³/mol. The standard InChI is InChI=1S/C21H17NO2/c23-21-20(24-18-14-8-3-9-15-18)19(16-10-4-1-5-11-16)22(21)17-12-6-2-7-13-17/h1-15,19-20H/t19-,20+/m0/s1. The first-order valence-corrected chi connectivity index (χ1v) is 7.99. The van der Waals surface area contributed by atoms with Gasteiger partial charge in [-0.2, -0.15) is 0 Å². The Morgan fingerprint density at radius 1 is 0.708 bits per heavy atom. The highest BCUT2D eigenvalue weighted by Crippen LogP contribution is 2.40. The lowest BCUT2D eigenvalue weighted by Crippen LogP contribution is -2.61. The van der Waals surface area contributed by atoms with E-state index in [1.54, 1.807) is 0 Å². The number of carbonyl (C=O) groups excluding carboxylic acids is 1. The van der Waals surface area contributed by atoms with E-state index >= 15 is 0 Å². The van der Waals surface area contributed by atoms with Gasteiger partial charge in [0.1, 0.15) is 11.8 Å². The van der Waals surface area contributed by atoms with Gasteiger partial charge in [-0.15, -0.1) is 0 Å². The molecular formula is C21H17NO2. The van der Waals surface area contributed by atoms with Gasteiger partial charge in [-0.3, -0.25) is 9.69 Å². The second-order valence-electron chi connectivity index (χ2n) is 5.75. The quantitative estimate of drug-likeness (QED) is 0.675. The second kappa shape index (κ2) is 6.20. The summed E-state index contributed by atoms with van der Waals surface area (Å²) in [6.45, 7) is 0. The third-order valence-electron chi connectivity index (χ3n) is 4.23. The molecule has 0 unspecified atom stereocenters. The zero-order chi connectivity index (χ0) is 16.4. The molecule has 1 heterocycles. The van der Waals surface area contributed by atoms with Gasteiger partial charge < -0.3 is 4.74 Å². The first kappa shape index (κ1) is 14.5. The first-order valence-electron chi connectivity index (χ1n) is 7.99. The Balaban J connectivity index is 1.68. The Kier molecular flexibility index (Phi) is 3.75. The average Bonchev–Trinajstić information content (AvgIpc) is 2.66. The van der Waals surface area contributed by atoms with Gasteiger partial charge in [0.05, 0.1) is 0 Å². The van der Waals surface area contributed by atoms with Crippen molar-refractivity contribution in [2.24, 2.45) is 0 Å².